The maximum atomic E-state index is 13.6. The van der Waals surface area contributed by atoms with Crippen molar-refractivity contribution in [1.82, 2.24) is 14.9 Å². The SMILES string of the molecule is CC(c1cc(N)nnc1-c1cc(F)cc(F)c1)[C@H](C)N[S@+]([O-])C(C)(C)C. The predicted octanol–water partition coefficient (Wildman–Crippen LogP) is 3.55. The number of halogens is 2. The quantitative estimate of drug-likeness (QED) is 0.772. The van der Waals surface area contributed by atoms with Crippen molar-refractivity contribution in [2.45, 2.75) is 51.3 Å². The molecule has 3 atom stereocenters. The molecule has 26 heavy (non-hydrogen) atoms. The molecule has 0 amide bonds. The lowest BCUT2D eigenvalue weighted by Crippen LogP contribution is -2.45. The van der Waals surface area contributed by atoms with Gasteiger partial charge in [0, 0.05) is 28.9 Å². The van der Waals surface area contributed by atoms with Crippen LogP contribution in [0.5, 0.6) is 0 Å². The summed E-state index contributed by atoms with van der Waals surface area (Å²) >= 11 is -1.26. The first-order valence-corrected chi connectivity index (χ1v) is 9.41. The molecule has 0 saturated heterocycles. The summed E-state index contributed by atoms with van der Waals surface area (Å²) in [5.74, 6) is -1.37. The van der Waals surface area contributed by atoms with E-state index < -0.39 is 27.7 Å². The Morgan fingerprint density at radius 1 is 1.08 bits per heavy atom. The molecule has 5 nitrogen and oxygen atoms in total. The maximum Gasteiger partial charge on any atom is 0.146 e. The number of rotatable bonds is 5. The molecule has 0 saturated carbocycles. The van der Waals surface area contributed by atoms with Gasteiger partial charge in [0.2, 0.25) is 0 Å². The van der Waals surface area contributed by atoms with Crippen LogP contribution in [0.4, 0.5) is 14.6 Å². The van der Waals surface area contributed by atoms with Crippen molar-refractivity contribution in [3.8, 4) is 11.3 Å². The van der Waals surface area contributed by atoms with Crippen LogP contribution in [-0.2, 0) is 11.4 Å². The summed E-state index contributed by atoms with van der Waals surface area (Å²) in [5, 5.41) is 7.87. The summed E-state index contributed by atoms with van der Waals surface area (Å²) in [5.41, 5.74) is 7.07. The Morgan fingerprint density at radius 2 is 1.65 bits per heavy atom. The first-order valence-electron chi connectivity index (χ1n) is 8.26. The van der Waals surface area contributed by atoms with E-state index in [1.807, 2.05) is 34.6 Å². The van der Waals surface area contributed by atoms with E-state index in [0.717, 1.165) is 6.07 Å². The van der Waals surface area contributed by atoms with E-state index in [1.54, 1.807) is 6.07 Å². The Bertz CT molecular complexity index is 762. The number of hydrogen-bond donors (Lipinski definition) is 2. The zero-order valence-electron chi connectivity index (χ0n) is 15.5. The lowest BCUT2D eigenvalue weighted by Gasteiger charge is -2.29. The minimum atomic E-state index is -1.26. The van der Waals surface area contributed by atoms with Gasteiger partial charge in [-0.3, -0.25) is 0 Å². The second-order valence-corrected chi connectivity index (χ2v) is 9.31. The van der Waals surface area contributed by atoms with Crippen LogP contribution in [0.15, 0.2) is 24.3 Å². The van der Waals surface area contributed by atoms with E-state index in [9.17, 15) is 13.3 Å². The summed E-state index contributed by atoms with van der Waals surface area (Å²) in [7, 11) is 0. The third kappa shape index (κ3) is 4.90. The molecule has 3 N–H and O–H groups in total. The molecule has 0 bridgehead atoms. The molecule has 0 fully saturated rings. The normalized spacial score (nSPS) is 15.5. The zero-order chi connectivity index (χ0) is 19.6. The van der Waals surface area contributed by atoms with Crippen LogP contribution in [-0.4, -0.2) is 25.5 Å². The maximum absolute atomic E-state index is 13.6. The molecule has 0 spiro atoms. The highest BCUT2D eigenvalue weighted by Gasteiger charge is 2.31. The van der Waals surface area contributed by atoms with Gasteiger partial charge in [0.25, 0.3) is 0 Å². The van der Waals surface area contributed by atoms with Gasteiger partial charge in [-0.25, -0.2) is 8.78 Å². The Hall–Kier alpha value is -1.77. The molecular formula is C18H24F2N4OS. The second kappa shape index (κ2) is 7.85. The average Bonchev–Trinajstić information content (AvgIpc) is 2.52. The summed E-state index contributed by atoms with van der Waals surface area (Å²) in [6.07, 6.45) is 0. The monoisotopic (exact) mass is 382 g/mol. The highest BCUT2D eigenvalue weighted by molar-refractivity contribution is 7.90. The standard InChI is InChI=1S/C18H24F2N4OS/c1-10(11(2)24-26(25)18(3,4)5)15-9-16(21)22-23-17(15)12-6-13(19)8-14(20)7-12/h6-11,24H,1-5H3,(H2,21,22)/t10?,11-,26+/m0/s1. The van der Waals surface area contributed by atoms with Crippen LogP contribution >= 0.6 is 0 Å². The van der Waals surface area contributed by atoms with E-state index in [1.165, 1.54) is 12.1 Å². The van der Waals surface area contributed by atoms with Crippen LogP contribution in [0.1, 0.15) is 46.1 Å². The highest BCUT2D eigenvalue weighted by Crippen LogP contribution is 2.31. The first-order chi connectivity index (χ1) is 12.0. The number of aromatic nitrogens is 2. The van der Waals surface area contributed by atoms with Crippen LogP contribution in [0.25, 0.3) is 11.3 Å². The Labute approximate surface area is 155 Å². The summed E-state index contributed by atoms with van der Waals surface area (Å²) < 4.78 is 42.3. The average molecular weight is 382 g/mol. The van der Waals surface area contributed by atoms with Crippen molar-refractivity contribution < 1.29 is 13.3 Å². The number of anilines is 1. The van der Waals surface area contributed by atoms with Crippen molar-refractivity contribution in [2.24, 2.45) is 0 Å². The third-order valence-electron chi connectivity index (χ3n) is 4.07. The van der Waals surface area contributed by atoms with Gasteiger partial charge in [0.15, 0.2) is 0 Å². The smallest absolute Gasteiger partial charge is 0.146 e. The van der Waals surface area contributed by atoms with Crippen molar-refractivity contribution in [1.29, 1.82) is 0 Å². The molecular weight excluding hydrogens is 358 g/mol. The van der Waals surface area contributed by atoms with Gasteiger partial charge in [0.1, 0.15) is 22.2 Å². The lowest BCUT2D eigenvalue weighted by molar-refractivity contribution is 0.502. The minimum Gasteiger partial charge on any atom is -0.598 e. The van der Waals surface area contributed by atoms with E-state index in [4.69, 9.17) is 5.73 Å². The van der Waals surface area contributed by atoms with Crippen LogP contribution in [0.2, 0.25) is 0 Å². The highest BCUT2D eigenvalue weighted by atomic mass is 32.2. The van der Waals surface area contributed by atoms with Crippen molar-refractivity contribution in [2.75, 3.05) is 5.73 Å². The van der Waals surface area contributed by atoms with E-state index >= 15 is 0 Å². The molecule has 1 aromatic heterocycles. The third-order valence-corrected chi connectivity index (χ3v) is 5.77. The van der Waals surface area contributed by atoms with Gasteiger partial charge in [-0.1, -0.05) is 6.92 Å². The van der Waals surface area contributed by atoms with Crippen LogP contribution < -0.4 is 10.5 Å². The molecule has 8 heteroatoms. The largest absolute Gasteiger partial charge is 0.598 e. The fourth-order valence-electron chi connectivity index (χ4n) is 2.40. The fraction of sp³-hybridized carbons (Fsp3) is 0.444. The molecule has 142 valence electrons. The van der Waals surface area contributed by atoms with E-state index in [2.05, 4.69) is 14.9 Å². The van der Waals surface area contributed by atoms with Crippen molar-refractivity contribution in [3.05, 3.63) is 41.5 Å². The van der Waals surface area contributed by atoms with E-state index in [-0.39, 0.29) is 23.3 Å². The molecule has 1 heterocycles. The van der Waals surface area contributed by atoms with Crippen molar-refractivity contribution in [3.63, 3.8) is 0 Å². The number of nitrogens with two attached hydrogens (primary N) is 1. The van der Waals surface area contributed by atoms with Gasteiger partial charge in [-0.15, -0.1) is 14.9 Å². The second-order valence-electron chi connectivity index (χ2n) is 7.31. The number of benzene rings is 1. The van der Waals surface area contributed by atoms with Gasteiger partial charge in [-0.05, 0) is 51.5 Å². The molecule has 0 aliphatic heterocycles. The number of nitrogen functional groups attached to an aromatic ring is 1. The van der Waals surface area contributed by atoms with Gasteiger partial charge >= 0.3 is 0 Å². The van der Waals surface area contributed by atoms with Crippen molar-refractivity contribution >= 4 is 17.2 Å². The number of nitrogens with zero attached hydrogens (tertiary/aromatic N) is 2. The topological polar surface area (TPSA) is 86.9 Å². The summed E-state index contributed by atoms with van der Waals surface area (Å²) in [6, 6.07) is 4.63. The zero-order valence-corrected chi connectivity index (χ0v) is 16.3. The summed E-state index contributed by atoms with van der Waals surface area (Å²) in [4.78, 5) is 0. The Kier molecular flexibility index (Phi) is 6.21. The molecule has 0 aliphatic carbocycles. The number of hydrogen-bond acceptors (Lipinski definition) is 5. The molecule has 1 unspecified atom stereocenters. The molecule has 2 aromatic rings. The van der Waals surface area contributed by atoms with Crippen LogP contribution in [0, 0.1) is 11.6 Å². The first kappa shape index (κ1) is 20.5. The predicted molar refractivity (Wildman–Crippen MR) is 101 cm³/mol. The Morgan fingerprint density at radius 3 is 2.19 bits per heavy atom. The van der Waals surface area contributed by atoms with Gasteiger partial charge in [0.05, 0.1) is 11.7 Å². The summed E-state index contributed by atoms with van der Waals surface area (Å²) in [6.45, 7) is 9.43. The molecule has 1 aromatic carbocycles. The Balaban J connectivity index is 2.40. The minimum absolute atomic E-state index is 0.180. The van der Waals surface area contributed by atoms with Gasteiger partial charge in [-0.2, -0.15) is 0 Å². The fourth-order valence-corrected chi connectivity index (χ4v) is 3.30. The molecule has 0 aliphatic rings. The van der Waals surface area contributed by atoms with E-state index in [0.29, 0.717) is 11.3 Å². The number of nitrogens with one attached hydrogen (secondary N) is 1. The van der Waals surface area contributed by atoms with Gasteiger partial charge < -0.3 is 10.3 Å². The molecule has 0 radical (unpaired) electrons. The lowest BCUT2D eigenvalue weighted by atomic mass is 9.91. The molecule has 2 rings (SSSR count). The van der Waals surface area contributed by atoms with Crippen LogP contribution in [0.3, 0.4) is 0 Å².